The molecule has 0 radical (unpaired) electrons. The molecule has 2 aromatic carbocycles. The number of ketones is 1. The summed E-state index contributed by atoms with van der Waals surface area (Å²) in [6.07, 6.45) is 7.23. The molecule has 154 valence electrons. The molecule has 0 amide bonds. The highest BCUT2D eigenvalue weighted by atomic mass is 16.5. The fourth-order valence-electron chi connectivity index (χ4n) is 4.69. The standard InChI is InChI=1S/C25H32N2O2/c1-29-24-11-5-4-8-21(24)18-26-13-6-2-3-10-23(28)22-16-19-9-7-14-27-15-12-20(17-22)25(19)27/h4-5,8,11,16-17,26H,2-3,6-7,9-10,12-15,18H2,1H3. The van der Waals surface area contributed by atoms with E-state index in [0.717, 1.165) is 63.1 Å². The van der Waals surface area contributed by atoms with Crippen molar-refractivity contribution in [3.8, 4) is 5.75 Å². The largest absolute Gasteiger partial charge is 0.496 e. The van der Waals surface area contributed by atoms with E-state index in [1.807, 2.05) is 18.2 Å². The van der Waals surface area contributed by atoms with E-state index in [4.69, 9.17) is 4.74 Å². The lowest BCUT2D eigenvalue weighted by molar-refractivity contribution is 0.0979. The maximum absolute atomic E-state index is 12.7. The summed E-state index contributed by atoms with van der Waals surface area (Å²) in [5, 5.41) is 3.48. The topological polar surface area (TPSA) is 41.6 Å². The van der Waals surface area contributed by atoms with E-state index in [0.29, 0.717) is 12.2 Å². The Hall–Kier alpha value is -2.33. The van der Waals surface area contributed by atoms with E-state index in [2.05, 4.69) is 28.4 Å². The molecule has 0 aliphatic carbocycles. The Morgan fingerprint density at radius 1 is 1.07 bits per heavy atom. The van der Waals surface area contributed by atoms with Crippen LogP contribution in [-0.2, 0) is 19.4 Å². The number of ether oxygens (including phenoxy) is 1. The first-order valence-electron chi connectivity index (χ1n) is 11.0. The minimum atomic E-state index is 0.315. The molecular weight excluding hydrogens is 360 g/mol. The first-order valence-corrected chi connectivity index (χ1v) is 11.0. The highest BCUT2D eigenvalue weighted by Gasteiger charge is 2.26. The molecular formula is C25H32N2O2. The lowest BCUT2D eigenvalue weighted by atomic mass is 9.94. The Labute approximate surface area is 174 Å². The number of aryl methyl sites for hydroxylation is 1. The number of anilines is 1. The summed E-state index contributed by atoms with van der Waals surface area (Å²) >= 11 is 0. The van der Waals surface area contributed by atoms with Crippen molar-refractivity contribution >= 4 is 11.5 Å². The van der Waals surface area contributed by atoms with Crippen molar-refractivity contribution in [2.45, 2.75) is 51.5 Å². The van der Waals surface area contributed by atoms with Gasteiger partial charge < -0.3 is 15.0 Å². The summed E-state index contributed by atoms with van der Waals surface area (Å²) in [5.74, 6) is 1.25. The normalized spacial score (nSPS) is 14.7. The van der Waals surface area contributed by atoms with Crippen molar-refractivity contribution < 1.29 is 9.53 Å². The fourth-order valence-corrected chi connectivity index (χ4v) is 4.69. The number of para-hydroxylation sites is 1. The van der Waals surface area contributed by atoms with E-state index in [1.165, 1.54) is 35.3 Å². The van der Waals surface area contributed by atoms with Crippen LogP contribution < -0.4 is 15.0 Å². The Balaban J connectivity index is 1.18. The molecule has 0 fully saturated rings. The van der Waals surface area contributed by atoms with Gasteiger partial charge in [-0.25, -0.2) is 0 Å². The first-order chi connectivity index (χ1) is 14.3. The Kier molecular flexibility index (Phi) is 6.50. The average Bonchev–Trinajstić information content (AvgIpc) is 3.17. The summed E-state index contributed by atoms with van der Waals surface area (Å²) in [7, 11) is 1.71. The molecule has 29 heavy (non-hydrogen) atoms. The molecule has 2 heterocycles. The van der Waals surface area contributed by atoms with Crippen LogP contribution in [0.25, 0.3) is 0 Å². The molecule has 2 aliphatic heterocycles. The molecule has 4 heteroatoms. The number of nitrogens with zero attached hydrogens (tertiary/aromatic N) is 1. The Morgan fingerprint density at radius 3 is 2.76 bits per heavy atom. The van der Waals surface area contributed by atoms with Crippen LogP contribution >= 0.6 is 0 Å². The van der Waals surface area contributed by atoms with Crippen molar-refractivity contribution in [1.82, 2.24) is 5.32 Å². The van der Waals surface area contributed by atoms with Gasteiger partial charge in [0.2, 0.25) is 0 Å². The molecule has 0 bridgehead atoms. The zero-order valence-corrected chi connectivity index (χ0v) is 17.5. The number of nitrogens with one attached hydrogen (secondary N) is 1. The van der Waals surface area contributed by atoms with Crippen molar-refractivity contribution in [3.05, 3.63) is 58.7 Å². The average molecular weight is 393 g/mol. The lowest BCUT2D eigenvalue weighted by Crippen LogP contribution is -2.26. The zero-order valence-electron chi connectivity index (χ0n) is 17.5. The van der Waals surface area contributed by atoms with Gasteiger partial charge in [-0.05, 0) is 68.0 Å². The maximum Gasteiger partial charge on any atom is 0.162 e. The van der Waals surface area contributed by atoms with Gasteiger partial charge >= 0.3 is 0 Å². The molecule has 2 aliphatic rings. The lowest BCUT2D eigenvalue weighted by Gasteiger charge is -2.27. The predicted octanol–water partition coefficient (Wildman–Crippen LogP) is 4.54. The van der Waals surface area contributed by atoms with E-state index in [-0.39, 0.29) is 0 Å². The van der Waals surface area contributed by atoms with Gasteiger partial charge in [0.25, 0.3) is 0 Å². The predicted molar refractivity (Wildman–Crippen MR) is 118 cm³/mol. The van der Waals surface area contributed by atoms with E-state index < -0.39 is 0 Å². The minimum Gasteiger partial charge on any atom is -0.496 e. The van der Waals surface area contributed by atoms with Crippen LogP contribution in [0.4, 0.5) is 5.69 Å². The number of methoxy groups -OCH3 is 1. The number of carbonyl (C=O) groups is 1. The molecule has 0 saturated carbocycles. The zero-order chi connectivity index (χ0) is 20.1. The van der Waals surface area contributed by atoms with Crippen molar-refractivity contribution in [3.63, 3.8) is 0 Å². The number of rotatable bonds is 10. The van der Waals surface area contributed by atoms with Gasteiger partial charge in [-0.15, -0.1) is 0 Å². The van der Waals surface area contributed by atoms with Crippen LogP contribution in [0.5, 0.6) is 5.75 Å². The molecule has 2 aromatic rings. The quantitative estimate of drug-likeness (QED) is 0.476. The minimum absolute atomic E-state index is 0.315. The number of Topliss-reactive ketones (excluding diaryl/α,β-unsaturated/α-hetero) is 1. The third kappa shape index (κ3) is 4.64. The monoisotopic (exact) mass is 392 g/mol. The fraction of sp³-hybridized carbons (Fsp3) is 0.480. The van der Waals surface area contributed by atoms with Gasteiger partial charge in [-0.3, -0.25) is 4.79 Å². The molecule has 0 unspecified atom stereocenters. The second kappa shape index (κ2) is 9.45. The van der Waals surface area contributed by atoms with Crippen molar-refractivity contribution in [1.29, 1.82) is 0 Å². The first kappa shape index (κ1) is 20.0. The molecule has 1 N–H and O–H groups in total. The molecule has 0 saturated heterocycles. The molecule has 0 spiro atoms. The number of hydrogen-bond donors (Lipinski definition) is 1. The smallest absolute Gasteiger partial charge is 0.162 e. The van der Waals surface area contributed by atoms with Crippen LogP contribution in [-0.4, -0.2) is 32.5 Å². The third-order valence-electron chi connectivity index (χ3n) is 6.20. The SMILES string of the molecule is COc1ccccc1CNCCCCCC(=O)c1cc2c3c(c1)CCN3CCC2. The number of unbranched alkanes of at least 4 members (excludes halogenated alkanes) is 2. The van der Waals surface area contributed by atoms with Crippen LogP contribution in [0.1, 0.15) is 59.2 Å². The second-order valence-corrected chi connectivity index (χ2v) is 8.21. The highest BCUT2D eigenvalue weighted by molar-refractivity contribution is 5.97. The van der Waals surface area contributed by atoms with Gasteiger partial charge in [-0.2, -0.15) is 0 Å². The van der Waals surface area contributed by atoms with Crippen molar-refractivity contribution in [2.75, 3.05) is 31.6 Å². The van der Waals surface area contributed by atoms with Gasteiger partial charge in [0.05, 0.1) is 7.11 Å². The number of hydrogen-bond acceptors (Lipinski definition) is 4. The van der Waals surface area contributed by atoms with Gasteiger partial charge in [0.15, 0.2) is 5.78 Å². The Bertz CT molecular complexity index is 862. The molecule has 4 rings (SSSR count). The summed E-state index contributed by atoms with van der Waals surface area (Å²) in [6.45, 7) is 4.09. The summed E-state index contributed by atoms with van der Waals surface area (Å²) in [4.78, 5) is 15.2. The molecule has 4 nitrogen and oxygen atoms in total. The number of benzene rings is 2. The second-order valence-electron chi connectivity index (χ2n) is 8.21. The Morgan fingerprint density at radius 2 is 1.90 bits per heavy atom. The maximum atomic E-state index is 12.7. The van der Waals surface area contributed by atoms with Crippen LogP contribution in [0.3, 0.4) is 0 Å². The van der Waals surface area contributed by atoms with E-state index >= 15 is 0 Å². The number of carbonyl (C=O) groups excluding carboxylic acids is 1. The van der Waals surface area contributed by atoms with Crippen LogP contribution in [0.2, 0.25) is 0 Å². The molecule has 0 atom stereocenters. The summed E-state index contributed by atoms with van der Waals surface area (Å²) in [5.41, 5.74) is 6.36. The third-order valence-corrected chi connectivity index (χ3v) is 6.20. The van der Waals surface area contributed by atoms with Gasteiger partial charge in [0, 0.05) is 42.9 Å². The highest BCUT2D eigenvalue weighted by Crippen LogP contribution is 2.37. The van der Waals surface area contributed by atoms with Crippen molar-refractivity contribution in [2.24, 2.45) is 0 Å². The van der Waals surface area contributed by atoms with Gasteiger partial charge in [-0.1, -0.05) is 24.6 Å². The summed E-state index contributed by atoms with van der Waals surface area (Å²) in [6, 6.07) is 12.5. The summed E-state index contributed by atoms with van der Waals surface area (Å²) < 4.78 is 5.38. The van der Waals surface area contributed by atoms with Crippen LogP contribution in [0.15, 0.2) is 36.4 Å². The van der Waals surface area contributed by atoms with E-state index in [1.54, 1.807) is 7.11 Å². The van der Waals surface area contributed by atoms with Crippen LogP contribution in [0, 0.1) is 0 Å². The van der Waals surface area contributed by atoms with E-state index in [9.17, 15) is 4.79 Å². The van der Waals surface area contributed by atoms with Gasteiger partial charge in [0.1, 0.15) is 5.75 Å². The molecule has 0 aromatic heterocycles.